The number of aromatic nitrogens is 1. The number of rotatable bonds is 5. The predicted octanol–water partition coefficient (Wildman–Crippen LogP) is 3.82. The van der Waals surface area contributed by atoms with Crippen LogP contribution in [-0.4, -0.2) is 10.9 Å². The molecule has 3 N–H and O–H groups in total. The van der Waals surface area contributed by atoms with Crippen LogP contribution in [0.15, 0.2) is 79.0 Å². The van der Waals surface area contributed by atoms with Gasteiger partial charge >= 0.3 is 0 Å². The average Bonchev–Trinajstić information content (AvgIpc) is 2.63. The van der Waals surface area contributed by atoms with Gasteiger partial charge in [-0.15, -0.1) is 0 Å². The molecular weight excluding hydrogens is 298 g/mol. The first kappa shape index (κ1) is 15.7. The third-order valence-corrected chi connectivity index (χ3v) is 3.86. The maximum absolute atomic E-state index is 12.5. The summed E-state index contributed by atoms with van der Waals surface area (Å²) < 4.78 is 0. The lowest BCUT2D eigenvalue weighted by atomic mass is 9.88. The van der Waals surface area contributed by atoms with Crippen LogP contribution in [0.4, 0.5) is 11.5 Å². The van der Waals surface area contributed by atoms with Crippen molar-refractivity contribution in [3.05, 3.63) is 90.1 Å². The van der Waals surface area contributed by atoms with Crippen LogP contribution in [0, 0.1) is 0 Å². The van der Waals surface area contributed by atoms with Crippen molar-refractivity contribution in [2.24, 2.45) is 0 Å². The van der Waals surface area contributed by atoms with Gasteiger partial charge in [0.05, 0.1) is 11.9 Å². The number of benzene rings is 2. The number of hydrogen-bond donors (Lipinski definition) is 2. The first-order chi connectivity index (χ1) is 11.7. The van der Waals surface area contributed by atoms with E-state index in [1.54, 1.807) is 18.3 Å². The number of amides is 1. The SMILES string of the molecule is Nc1ccc(NC(=O)CC(c2ccccc2)c2ccccc2)cn1. The average molecular weight is 317 g/mol. The van der Waals surface area contributed by atoms with E-state index < -0.39 is 0 Å². The first-order valence-corrected chi connectivity index (χ1v) is 7.83. The van der Waals surface area contributed by atoms with E-state index in [9.17, 15) is 4.79 Å². The van der Waals surface area contributed by atoms with Gasteiger partial charge in [-0.1, -0.05) is 60.7 Å². The smallest absolute Gasteiger partial charge is 0.225 e. The maximum atomic E-state index is 12.5. The molecule has 0 aliphatic heterocycles. The summed E-state index contributed by atoms with van der Waals surface area (Å²) in [7, 11) is 0. The number of carbonyl (C=O) groups excluding carboxylic acids is 1. The topological polar surface area (TPSA) is 68.0 Å². The number of pyridine rings is 1. The highest BCUT2D eigenvalue weighted by Crippen LogP contribution is 2.28. The minimum atomic E-state index is -0.0562. The second kappa shape index (κ2) is 7.42. The van der Waals surface area contributed by atoms with Gasteiger partial charge in [0.1, 0.15) is 5.82 Å². The highest BCUT2D eigenvalue weighted by molar-refractivity contribution is 5.91. The molecule has 0 spiro atoms. The van der Waals surface area contributed by atoms with Crippen LogP contribution in [0.3, 0.4) is 0 Å². The number of nitrogens with two attached hydrogens (primary N) is 1. The van der Waals surface area contributed by atoms with Crippen molar-refractivity contribution in [2.45, 2.75) is 12.3 Å². The summed E-state index contributed by atoms with van der Waals surface area (Å²) in [5.74, 6) is 0.382. The minimum absolute atomic E-state index is 0.00846. The zero-order valence-electron chi connectivity index (χ0n) is 13.2. The highest BCUT2D eigenvalue weighted by atomic mass is 16.1. The summed E-state index contributed by atoms with van der Waals surface area (Å²) in [5, 5.41) is 2.88. The molecule has 120 valence electrons. The van der Waals surface area contributed by atoms with E-state index >= 15 is 0 Å². The second-order valence-electron chi connectivity index (χ2n) is 5.60. The van der Waals surface area contributed by atoms with Crippen molar-refractivity contribution in [3.63, 3.8) is 0 Å². The van der Waals surface area contributed by atoms with E-state index in [1.807, 2.05) is 36.4 Å². The molecule has 0 saturated carbocycles. The molecule has 3 rings (SSSR count). The van der Waals surface area contributed by atoms with Gasteiger partial charge in [0, 0.05) is 12.3 Å². The van der Waals surface area contributed by atoms with Gasteiger partial charge in [0.25, 0.3) is 0 Å². The van der Waals surface area contributed by atoms with Crippen molar-refractivity contribution >= 4 is 17.4 Å². The molecule has 0 fully saturated rings. The summed E-state index contributed by atoms with van der Waals surface area (Å²) in [4.78, 5) is 16.5. The zero-order valence-corrected chi connectivity index (χ0v) is 13.2. The quantitative estimate of drug-likeness (QED) is 0.751. The molecule has 4 nitrogen and oxygen atoms in total. The van der Waals surface area contributed by atoms with E-state index in [-0.39, 0.29) is 11.8 Å². The molecule has 1 aromatic heterocycles. The Labute approximate surface area is 141 Å². The monoisotopic (exact) mass is 317 g/mol. The number of nitrogens with one attached hydrogen (secondary N) is 1. The lowest BCUT2D eigenvalue weighted by Crippen LogP contribution is -2.16. The standard InChI is InChI=1S/C20H19N3O/c21-19-12-11-17(14-22-19)23-20(24)13-18(15-7-3-1-4-8-15)16-9-5-2-6-10-16/h1-12,14,18H,13H2,(H2,21,22)(H,23,24). The molecule has 0 bridgehead atoms. The van der Waals surface area contributed by atoms with Gasteiger partial charge in [-0.05, 0) is 23.3 Å². The predicted molar refractivity (Wildman–Crippen MR) is 96.6 cm³/mol. The van der Waals surface area contributed by atoms with Crippen molar-refractivity contribution in [2.75, 3.05) is 11.1 Å². The van der Waals surface area contributed by atoms with Crippen LogP contribution < -0.4 is 11.1 Å². The lowest BCUT2D eigenvalue weighted by molar-refractivity contribution is -0.116. The Balaban J connectivity index is 1.79. The molecule has 1 amide bonds. The Bertz CT molecular complexity index is 747. The van der Waals surface area contributed by atoms with Crippen LogP contribution in [-0.2, 0) is 4.79 Å². The molecule has 0 aliphatic rings. The van der Waals surface area contributed by atoms with Crippen molar-refractivity contribution in [1.29, 1.82) is 0 Å². The minimum Gasteiger partial charge on any atom is -0.384 e. The molecule has 3 aromatic rings. The molecule has 0 radical (unpaired) electrons. The van der Waals surface area contributed by atoms with E-state index in [4.69, 9.17) is 5.73 Å². The molecule has 0 saturated heterocycles. The molecule has 0 atom stereocenters. The molecule has 1 heterocycles. The molecule has 0 unspecified atom stereocenters. The van der Waals surface area contributed by atoms with Gasteiger partial charge in [0.2, 0.25) is 5.91 Å². The summed E-state index contributed by atoms with van der Waals surface area (Å²) in [6.45, 7) is 0. The number of anilines is 2. The highest BCUT2D eigenvalue weighted by Gasteiger charge is 2.18. The largest absolute Gasteiger partial charge is 0.384 e. The molecule has 24 heavy (non-hydrogen) atoms. The second-order valence-corrected chi connectivity index (χ2v) is 5.60. The van der Waals surface area contributed by atoms with E-state index in [2.05, 4.69) is 34.6 Å². The molecule has 2 aromatic carbocycles. The first-order valence-electron chi connectivity index (χ1n) is 7.83. The van der Waals surface area contributed by atoms with Crippen molar-refractivity contribution in [3.8, 4) is 0 Å². The molecule has 0 aliphatic carbocycles. The van der Waals surface area contributed by atoms with Gasteiger partial charge in [-0.2, -0.15) is 0 Å². The third kappa shape index (κ3) is 3.98. The fourth-order valence-corrected chi connectivity index (χ4v) is 2.68. The zero-order chi connectivity index (χ0) is 16.8. The molecular formula is C20H19N3O. The maximum Gasteiger partial charge on any atom is 0.225 e. The fraction of sp³-hybridized carbons (Fsp3) is 0.100. The Hall–Kier alpha value is -3.14. The Morgan fingerprint density at radius 1 is 0.917 bits per heavy atom. The van der Waals surface area contributed by atoms with Crippen LogP contribution in [0.25, 0.3) is 0 Å². The van der Waals surface area contributed by atoms with Gasteiger partial charge < -0.3 is 11.1 Å². The van der Waals surface area contributed by atoms with Gasteiger partial charge in [-0.25, -0.2) is 4.98 Å². The number of carbonyl (C=O) groups is 1. The number of hydrogen-bond acceptors (Lipinski definition) is 3. The van der Waals surface area contributed by atoms with Crippen LogP contribution in [0.5, 0.6) is 0 Å². The fourth-order valence-electron chi connectivity index (χ4n) is 2.68. The van der Waals surface area contributed by atoms with Gasteiger partial charge in [-0.3, -0.25) is 4.79 Å². The Kier molecular flexibility index (Phi) is 4.87. The number of nitrogen functional groups attached to an aromatic ring is 1. The Morgan fingerprint density at radius 3 is 2.00 bits per heavy atom. The number of nitrogens with zero attached hydrogens (tertiary/aromatic N) is 1. The van der Waals surface area contributed by atoms with Crippen LogP contribution in [0.2, 0.25) is 0 Å². The summed E-state index contributed by atoms with van der Waals surface area (Å²) in [6.07, 6.45) is 1.92. The lowest BCUT2D eigenvalue weighted by Gasteiger charge is -2.18. The normalized spacial score (nSPS) is 10.5. The van der Waals surface area contributed by atoms with Gasteiger partial charge in [0.15, 0.2) is 0 Å². The molecule has 4 heteroatoms. The summed E-state index contributed by atoms with van der Waals surface area (Å²) in [5.41, 5.74) is 8.45. The summed E-state index contributed by atoms with van der Waals surface area (Å²) in [6, 6.07) is 23.6. The van der Waals surface area contributed by atoms with Crippen LogP contribution in [0.1, 0.15) is 23.5 Å². The van der Waals surface area contributed by atoms with E-state index in [0.717, 1.165) is 11.1 Å². The van der Waals surface area contributed by atoms with E-state index in [0.29, 0.717) is 17.9 Å². The summed E-state index contributed by atoms with van der Waals surface area (Å²) >= 11 is 0. The van der Waals surface area contributed by atoms with E-state index in [1.165, 1.54) is 0 Å². The third-order valence-electron chi connectivity index (χ3n) is 3.86. The van der Waals surface area contributed by atoms with Crippen molar-refractivity contribution in [1.82, 2.24) is 4.98 Å². The Morgan fingerprint density at radius 2 is 1.50 bits per heavy atom. The van der Waals surface area contributed by atoms with Crippen LogP contribution >= 0.6 is 0 Å². The van der Waals surface area contributed by atoms with Crippen molar-refractivity contribution < 1.29 is 4.79 Å².